The summed E-state index contributed by atoms with van der Waals surface area (Å²) in [7, 11) is 1.51. The Morgan fingerprint density at radius 1 is 1.27 bits per heavy atom. The summed E-state index contributed by atoms with van der Waals surface area (Å²) in [5.41, 5.74) is 0.587. The average Bonchev–Trinajstić information content (AvgIpc) is 2.19. The van der Waals surface area contributed by atoms with Crippen LogP contribution in [-0.2, 0) is 15.2 Å². The first kappa shape index (κ1) is 11.7. The fourth-order valence-electron chi connectivity index (χ4n) is 1.71. The Hall–Kier alpha value is -1.35. The lowest BCUT2D eigenvalue weighted by Gasteiger charge is -2.35. The summed E-state index contributed by atoms with van der Waals surface area (Å²) >= 11 is 0. The highest BCUT2D eigenvalue weighted by Crippen LogP contribution is 2.27. The average molecular weight is 207 g/mol. The van der Waals surface area contributed by atoms with E-state index in [0.717, 1.165) is 5.56 Å². The van der Waals surface area contributed by atoms with Gasteiger partial charge in [-0.3, -0.25) is 9.63 Å². The van der Waals surface area contributed by atoms with Gasteiger partial charge in [0.1, 0.15) is 0 Å². The molecule has 0 fully saturated rings. The summed E-state index contributed by atoms with van der Waals surface area (Å²) in [4.78, 5) is 16.5. The lowest BCUT2D eigenvalue weighted by Crippen LogP contribution is -2.43. The van der Waals surface area contributed by atoms with E-state index in [0.29, 0.717) is 0 Å². The molecular formula is C12H17NO2. The maximum Gasteiger partial charge on any atom is 0.243 e. The number of carbonyl (C=O) groups is 1. The van der Waals surface area contributed by atoms with Crippen LogP contribution in [0.3, 0.4) is 0 Å². The molecule has 3 nitrogen and oxygen atoms in total. The van der Waals surface area contributed by atoms with Gasteiger partial charge in [0.15, 0.2) is 0 Å². The van der Waals surface area contributed by atoms with E-state index in [1.807, 2.05) is 44.2 Å². The van der Waals surface area contributed by atoms with Crippen molar-refractivity contribution in [1.29, 1.82) is 0 Å². The molecule has 0 aromatic heterocycles. The van der Waals surface area contributed by atoms with Crippen LogP contribution in [0.5, 0.6) is 0 Å². The highest BCUT2D eigenvalue weighted by Gasteiger charge is 2.31. The van der Waals surface area contributed by atoms with E-state index < -0.39 is 5.54 Å². The van der Waals surface area contributed by atoms with Gasteiger partial charge in [-0.25, -0.2) is 5.06 Å². The number of hydroxylamine groups is 2. The fourth-order valence-corrected chi connectivity index (χ4v) is 1.71. The van der Waals surface area contributed by atoms with Crippen LogP contribution in [-0.4, -0.2) is 18.1 Å². The van der Waals surface area contributed by atoms with Crippen LogP contribution in [0.2, 0.25) is 0 Å². The SMILES string of the molecule is CON(C(C)=O)C(C)(C)c1ccccc1. The molecule has 0 unspecified atom stereocenters. The molecule has 0 heterocycles. The third-order valence-electron chi connectivity index (χ3n) is 2.46. The van der Waals surface area contributed by atoms with Crippen molar-refractivity contribution in [3.63, 3.8) is 0 Å². The molecule has 0 aliphatic heterocycles. The molecule has 0 radical (unpaired) electrons. The molecule has 1 aromatic carbocycles. The molecule has 0 N–H and O–H groups in total. The van der Waals surface area contributed by atoms with E-state index in [2.05, 4.69) is 0 Å². The molecule has 0 saturated heterocycles. The quantitative estimate of drug-likeness (QED) is 0.712. The molecule has 0 aliphatic rings. The van der Waals surface area contributed by atoms with E-state index in [4.69, 9.17) is 4.84 Å². The first-order chi connectivity index (χ1) is 7.00. The lowest BCUT2D eigenvalue weighted by atomic mass is 9.94. The zero-order chi connectivity index (χ0) is 11.5. The topological polar surface area (TPSA) is 29.5 Å². The van der Waals surface area contributed by atoms with E-state index in [1.54, 1.807) is 0 Å². The molecule has 15 heavy (non-hydrogen) atoms. The fraction of sp³-hybridized carbons (Fsp3) is 0.417. The molecule has 0 spiro atoms. The number of carbonyl (C=O) groups excluding carboxylic acids is 1. The second-order valence-electron chi connectivity index (χ2n) is 3.92. The number of hydrogen-bond acceptors (Lipinski definition) is 2. The third kappa shape index (κ3) is 2.36. The summed E-state index contributed by atoms with van der Waals surface area (Å²) in [5, 5.41) is 1.38. The Balaban J connectivity index is 3.05. The van der Waals surface area contributed by atoms with Crippen molar-refractivity contribution < 1.29 is 9.63 Å². The molecule has 3 heteroatoms. The van der Waals surface area contributed by atoms with Crippen molar-refractivity contribution >= 4 is 5.91 Å². The first-order valence-corrected chi connectivity index (χ1v) is 4.90. The van der Waals surface area contributed by atoms with E-state index in [9.17, 15) is 4.79 Å². The molecule has 1 aromatic rings. The van der Waals surface area contributed by atoms with Crippen LogP contribution in [0.1, 0.15) is 26.3 Å². The van der Waals surface area contributed by atoms with Gasteiger partial charge in [0, 0.05) is 6.92 Å². The number of benzene rings is 1. The summed E-state index contributed by atoms with van der Waals surface area (Å²) in [6.45, 7) is 5.40. The molecule has 82 valence electrons. The Bertz CT molecular complexity index is 333. The van der Waals surface area contributed by atoms with Crippen LogP contribution in [0.25, 0.3) is 0 Å². The molecule has 0 saturated carbocycles. The second-order valence-corrected chi connectivity index (χ2v) is 3.92. The van der Waals surface area contributed by atoms with Crippen molar-refractivity contribution in [3.05, 3.63) is 35.9 Å². The monoisotopic (exact) mass is 207 g/mol. The van der Waals surface area contributed by atoms with Crippen molar-refractivity contribution in [1.82, 2.24) is 5.06 Å². The van der Waals surface area contributed by atoms with E-state index in [1.165, 1.54) is 19.1 Å². The number of amides is 1. The summed E-state index contributed by atoms with van der Waals surface area (Å²) in [6.07, 6.45) is 0. The lowest BCUT2D eigenvalue weighted by molar-refractivity contribution is -0.204. The van der Waals surface area contributed by atoms with E-state index >= 15 is 0 Å². The Morgan fingerprint density at radius 2 is 1.80 bits per heavy atom. The van der Waals surface area contributed by atoms with Crippen molar-refractivity contribution in [2.24, 2.45) is 0 Å². The van der Waals surface area contributed by atoms with Crippen LogP contribution < -0.4 is 0 Å². The zero-order valence-electron chi connectivity index (χ0n) is 9.65. The normalized spacial score (nSPS) is 11.2. The summed E-state index contributed by atoms with van der Waals surface area (Å²) < 4.78 is 0. The van der Waals surface area contributed by atoms with Crippen molar-refractivity contribution in [2.75, 3.05) is 7.11 Å². The molecule has 0 aliphatic carbocycles. The first-order valence-electron chi connectivity index (χ1n) is 4.90. The van der Waals surface area contributed by atoms with Gasteiger partial charge in [0.05, 0.1) is 12.6 Å². The number of nitrogens with zero attached hydrogens (tertiary/aromatic N) is 1. The molecular weight excluding hydrogens is 190 g/mol. The smallest absolute Gasteiger partial charge is 0.243 e. The number of rotatable bonds is 3. The Labute approximate surface area is 90.6 Å². The second kappa shape index (κ2) is 4.45. The maximum absolute atomic E-state index is 11.4. The zero-order valence-corrected chi connectivity index (χ0v) is 9.65. The minimum Gasteiger partial charge on any atom is -0.273 e. The molecule has 0 atom stereocenters. The highest BCUT2D eigenvalue weighted by molar-refractivity contribution is 5.73. The van der Waals surface area contributed by atoms with Gasteiger partial charge in [-0.05, 0) is 19.4 Å². The van der Waals surface area contributed by atoms with Crippen LogP contribution in [0.15, 0.2) is 30.3 Å². The van der Waals surface area contributed by atoms with Crippen molar-refractivity contribution in [3.8, 4) is 0 Å². The Morgan fingerprint density at radius 3 is 2.20 bits per heavy atom. The minimum atomic E-state index is -0.457. The van der Waals surface area contributed by atoms with Gasteiger partial charge in [-0.1, -0.05) is 30.3 Å². The van der Waals surface area contributed by atoms with Gasteiger partial charge in [0.2, 0.25) is 5.91 Å². The van der Waals surface area contributed by atoms with Crippen LogP contribution >= 0.6 is 0 Å². The molecule has 1 rings (SSSR count). The van der Waals surface area contributed by atoms with E-state index in [-0.39, 0.29) is 5.91 Å². The standard InChI is InChI=1S/C12H17NO2/c1-10(14)13(15-4)12(2,3)11-8-6-5-7-9-11/h5-9H,1-4H3. The predicted octanol–water partition coefficient (Wildman–Crippen LogP) is 2.33. The van der Waals surface area contributed by atoms with Crippen LogP contribution in [0.4, 0.5) is 0 Å². The van der Waals surface area contributed by atoms with Gasteiger partial charge in [0.25, 0.3) is 0 Å². The number of hydrogen-bond donors (Lipinski definition) is 0. The highest BCUT2D eigenvalue weighted by atomic mass is 16.7. The van der Waals surface area contributed by atoms with Gasteiger partial charge >= 0.3 is 0 Å². The van der Waals surface area contributed by atoms with Crippen LogP contribution in [0, 0.1) is 0 Å². The molecule has 0 bridgehead atoms. The third-order valence-corrected chi connectivity index (χ3v) is 2.46. The van der Waals surface area contributed by atoms with Crippen molar-refractivity contribution in [2.45, 2.75) is 26.3 Å². The Kier molecular flexibility index (Phi) is 3.48. The summed E-state index contributed by atoms with van der Waals surface area (Å²) in [5.74, 6) is -0.105. The van der Waals surface area contributed by atoms with Gasteiger partial charge in [-0.15, -0.1) is 0 Å². The molecule has 1 amide bonds. The predicted molar refractivity (Wildman–Crippen MR) is 59.0 cm³/mol. The summed E-state index contributed by atoms with van der Waals surface area (Å²) in [6, 6.07) is 9.81. The minimum absolute atomic E-state index is 0.105. The maximum atomic E-state index is 11.4. The van der Waals surface area contributed by atoms with Gasteiger partial charge in [-0.2, -0.15) is 0 Å². The largest absolute Gasteiger partial charge is 0.273 e. The van der Waals surface area contributed by atoms with Gasteiger partial charge < -0.3 is 0 Å².